The molecule has 2 rings (SSSR count). The summed E-state index contributed by atoms with van der Waals surface area (Å²) in [7, 11) is -3.96. The summed E-state index contributed by atoms with van der Waals surface area (Å²) in [5, 5.41) is 0.517. The van der Waals surface area contributed by atoms with E-state index in [1.54, 1.807) is 0 Å². The first kappa shape index (κ1) is 15.9. The molecule has 0 saturated carbocycles. The summed E-state index contributed by atoms with van der Waals surface area (Å²) in [6.07, 6.45) is 0. The summed E-state index contributed by atoms with van der Waals surface area (Å²) in [5.74, 6) is -0.674. The van der Waals surface area contributed by atoms with E-state index >= 15 is 0 Å². The summed E-state index contributed by atoms with van der Waals surface area (Å²) >= 11 is 11.7. The van der Waals surface area contributed by atoms with E-state index in [2.05, 4.69) is 4.72 Å². The average Bonchev–Trinajstić information content (AvgIpc) is 2.37. The zero-order chi connectivity index (χ0) is 15.8. The van der Waals surface area contributed by atoms with Crippen molar-refractivity contribution in [1.82, 2.24) is 0 Å². The first-order chi connectivity index (χ1) is 9.70. The van der Waals surface area contributed by atoms with Crippen molar-refractivity contribution in [2.75, 3.05) is 10.5 Å². The molecule has 0 amide bonds. The van der Waals surface area contributed by atoms with E-state index in [0.29, 0.717) is 5.02 Å². The minimum Gasteiger partial charge on any atom is -0.396 e. The number of anilines is 2. The second-order valence-corrected chi connectivity index (χ2v) is 6.86. The van der Waals surface area contributed by atoms with E-state index in [0.717, 1.165) is 12.1 Å². The van der Waals surface area contributed by atoms with E-state index in [-0.39, 0.29) is 26.9 Å². The molecule has 4 nitrogen and oxygen atoms in total. The summed E-state index contributed by atoms with van der Waals surface area (Å²) in [6.45, 7) is 1.47. The minimum absolute atomic E-state index is 0.127. The summed E-state index contributed by atoms with van der Waals surface area (Å²) in [4.78, 5) is -0.127. The van der Waals surface area contributed by atoms with Crippen molar-refractivity contribution in [3.63, 3.8) is 0 Å². The molecule has 2 aromatic carbocycles. The predicted molar refractivity (Wildman–Crippen MR) is 82.8 cm³/mol. The Balaban J connectivity index is 2.48. The lowest BCUT2D eigenvalue weighted by Gasteiger charge is -2.12. The molecule has 0 aliphatic heterocycles. The van der Waals surface area contributed by atoms with Gasteiger partial charge >= 0.3 is 0 Å². The van der Waals surface area contributed by atoms with Crippen molar-refractivity contribution in [1.29, 1.82) is 0 Å². The van der Waals surface area contributed by atoms with Crippen molar-refractivity contribution >= 4 is 44.6 Å². The number of rotatable bonds is 3. The van der Waals surface area contributed by atoms with Crippen LogP contribution in [0.3, 0.4) is 0 Å². The normalized spacial score (nSPS) is 11.4. The molecule has 0 saturated heterocycles. The fourth-order valence-electron chi connectivity index (χ4n) is 1.73. The molecule has 0 radical (unpaired) electrons. The molecule has 112 valence electrons. The number of nitrogens with two attached hydrogens (primary N) is 1. The van der Waals surface area contributed by atoms with Crippen LogP contribution in [0.25, 0.3) is 0 Å². The van der Waals surface area contributed by atoms with Crippen molar-refractivity contribution < 1.29 is 12.8 Å². The van der Waals surface area contributed by atoms with Crippen LogP contribution in [-0.4, -0.2) is 8.42 Å². The second-order valence-electron chi connectivity index (χ2n) is 4.37. The second kappa shape index (κ2) is 5.71. The number of sulfonamides is 1. The van der Waals surface area contributed by atoms with Gasteiger partial charge in [-0.3, -0.25) is 4.72 Å². The van der Waals surface area contributed by atoms with Crippen LogP contribution in [0.5, 0.6) is 0 Å². The molecule has 0 heterocycles. The van der Waals surface area contributed by atoms with Crippen LogP contribution in [0.15, 0.2) is 35.2 Å². The third-order valence-electron chi connectivity index (χ3n) is 2.76. The van der Waals surface area contributed by atoms with Crippen LogP contribution >= 0.6 is 23.2 Å². The van der Waals surface area contributed by atoms with Gasteiger partial charge in [-0.15, -0.1) is 0 Å². The van der Waals surface area contributed by atoms with Gasteiger partial charge in [-0.05, 0) is 42.8 Å². The van der Waals surface area contributed by atoms with Crippen molar-refractivity contribution in [2.45, 2.75) is 11.8 Å². The highest BCUT2D eigenvalue weighted by atomic mass is 35.5. The average molecular weight is 349 g/mol. The van der Waals surface area contributed by atoms with Gasteiger partial charge in [0.15, 0.2) is 0 Å². The first-order valence-electron chi connectivity index (χ1n) is 5.74. The lowest BCUT2D eigenvalue weighted by Crippen LogP contribution is -2.15. The van der Waals surface area contributed by atoms with Crippen molar-refractivity contribution in [2.24, 2.45) is 0 Å². The van der Waals surface area contributed by atoms with E-state index in [1.807, 2.05) is 0 Å². The van der Waals surface area contributed by atoms with Gasteiger partial charge in [0.25, 0.3) is 10.0 Å². The van der Waals surface area contributed by atoms with E-state index in [4.69, 9.17) is 28.9 Å². The van der Waals surface area contributed by atoms with Gasteiger partial charge in [-0.2, -0.15) is 0 Å². The largest absolute Gasteiger partial charge is 0.396 e. The SMILES string of the molecule is Cc1cc(F)c(N)cc1S(=O)(=O)Nc1cc(Cl)ccc1Cl. The van der Waals surface area contributed by atoms with Gasteiger partial charge in [-0.25, -0.2) is 12.8 Å². The minimum atomic E-state index is -3.96. The number of hydrogen-bond acceptors (Lipinski definition) is 3. The van der Waals surface area contributed by atoms with Gasteiger partial charge in [0, 0.05) is 5.02 Å². The number of halogens is 3. The highest BCUT2D eigenvalue weighted by Crippen LogP contribution is 2.29. The molecule has 0 unspecified atom stereocenters. The van der Waals surface area contributed by atoms with Crippen molar-refractivity contribution in [3.05, 3.63) is 51.8 Å². The third kappa shape index (κ3) is 3.40. The quantitative estimate of drug-likeness (QED) is 0.828. The van der Waals surface area contributed by atoms with Gasteiger partial charge in [0.2, 0.25) is 0 Å². The summed E-state index contributed by atoms with van der Waals surface area (Å²) in [6, 6.07) is 6.50. The summed E-state index contributed by atoms with van der Waals surface area (Å²) < 4.78 is 40.3. The maximum Gasteiger partial charge on any atom is 0.262 e. The molecular formula is C13H11Cl2FN2O2S. The molecule has 0 spiro atoms. The molecule has 0 fully saturated rings. The van der Waals surface area contributed by atoms with Crippen LogP contribution in [0.4, 0.5) is 15.8 Å². The smallest absolute Gasteiger partial charge is 0.262 e. The van der Waals surface area contributed by atoms with Gasteiger partial charge in [-0.1, -0.05) is 23.2 Å². The van der Waals surface area contributed by atoms with Crippen LogP contribution in [0, 0.1) is 12.7 Å². The van der Waals surface area contributed by atoms with Gasteiger partial charge in [0.05, 0.1) is 21.3 Å². The molecule has 3 N–H and O–H groups in total. The molecule has 0 atom stereocenters. The van der Waals surface area contributed by atoms with Crippen LogP contribution in [0.2, 0.25) is 10.0 Å². The summed E-state index contributed by atoms with van der Waals surface area (Å²) in [5.41, 5.74) is 5.53. The standard InChI is InChI=1S/C13H11Cl2FN2O2S/c1-7-4-10(16)11(17)6-13(7)21(19,20)18-12-5-8(14)2-3-9(12)15/h2-6,18H,17H2,1H3. The van der Waals surface area contributed by atoms with Crippen LogP contribution < -0.4 is 10.5 Å². The Morgan fingerprint density at radius 2 is 1.86 bits per heavy atom. The Bertz CT molecular complexity index is 810. The molecule has 21 heavy (non-hydrogen) atoms. The molecule has 0 aromatic heterocycles. The Hall–Kier alpha value is -1.50. The fraction of sp³-hybridized carbons (Fsp3) is 0.0769. The van der Waals surface area contributed by atoms with Crippen molar-refractivity contribution in [3.8, 4) is 0 Å². The lowest BCUT2D eigenvalue weighted by molar-refractivity contribution is 0.599. The monoisotopic (exact) mass is 348 g/mol. The number of benzene rings is 2. The Morgan fingerprint density at radius 1 is 1.19 bits per heavy atom. The van der Waals surface area contributed by atoms with Gasteiger partial charge < -0.3 is 5.73 Å². The Morgan fingerprint density at radius 3 is 2.52 bits per heavy atom. The van der Waals surface area contributed by atoms with E-state index < -0.39 is 15.8 Å². The highest BCUT2D eigenvalue weighted by molar-refractivity contribution is 7.92. The maximum atomic E-state index is 13.3. The number of hydrogen-bond donors (Lipinski definition) is 2. The van der Waals surface area contributed by atoms with E-state index in [1.165, 1.54) is 25.1 Å². The Kier molecular flexibility index (Phi) is 4.32. The zero-order valence-electron chi connectivity index (χ0n) is 10.8. The topological polar surface area (TPSA) is 72.2 Å². The van der Waals surface area contributed by atoms with Gasteiger partial charge in [0.1, 0.15) is 5.82 Å². The maximum absolute atomic E-state index is 13.3. The first-order valence-corrected chi connectivity index (χ1v) is 7.98. The highest BCUT2D eigenvalue weighted by Gasteiger charge is 2.20. The van der Waals surface area contributed by atoms with E-state index in [9.17, 15) is 12.8 Å². The molecule has 8 heteroatoms. The third-order valence-corrected chi connectivity index (χ3v) is 4.83. The molecule has 0 bridgehead atoms. The lowest BCUT2D eigenvalue weighted by atomic mass is 10.2. The number of nitrogens with one attached hydrogen (secondary N) is 1. The number of aryl methyl sites for hydroxylation is 1. The predicted octanol–water partition coefficient (Wildman–Crippen LogP) is 3.82. The molecule has 0 aliphatic carbocycles. The molecule has 0 aliphatic rings. The van der Waals surface area contributed by atoms with Crippen LogP contribution in [-0.2, 0) is 10.0 Å². The fourth-order valence-corrected chi connectivity index (χ4v) is 3.46. The number of nitrogen functional groups attached to an aromatic ring is 1. The zero-order valence-corrected chi connectivity index (χ0v) is 13.2. The Labute approximate surface area is 131 Å². The molecular weight excluding hydrogens is 338 g/mol. The van der Waals surface area contributed by atoms with Crippen LogP contribution in [0.1, 0.15) is 5.56 Å². The molecule has 2 aromatic rings.